The lowest BCUT2D eigenvalue weighted by Crippen LogP contribution is -1.94. The molecule has 5 aromatic rings. The van der Waals surface area contributed by atoms with Gasteiger partial charge in [0.25, 0.3) is 0 Å². The molecule has 0 aliphatic heterocycles. The first-order valence-electron chi connectivity index (χ1n) is 8.17. The summed E-state index contributed by atoms with van der Waals surface area (Å²) in [6.07, 6.45) is 7.82. The lowest BCUT2D eigenvalue weighted by Gasteiger charge is -2.05. The van der Waals surface area contributed by atoms with E-state index in [-0.39, 0.29) is 0 Å². The fraction of sp³-hybridized carbons (Fsp3) is 0. The Bertz CT molecular complexity index is 1240. The minimum atomic E-state index is 0.532. The number of thiophene rings is 1. The van der Waals surface area contributed by atoms with Gasteiger partial charge in [-0.15, -0.1) is 11.3 Å². The maximum absolute atomic E-state index is 11.4. The van der Waals surface area contributed by atoms with Gasteiger partial charge in [0, 0.05) is 23.5 Å². The Morgan fingerprint density at radius 2 is 2.00 bits per heavy atom. The number of aromatic nitrogens is 6. The van der Waals surface area contributed by atoms with E-state index in [1.54, 1.807) is 46.6 Å². The second-order valence-electron chi connectivity index (χ2n) is 5.89. The Hall–Kier alpha value is -3.65. The summed E-state index contributed by atoms with van der Waals surface area (Å²) in [5.74, 6) is 0. The van der Waals surface area contributed by atoms with Gasteiger partial charge in [0.1, 0.15) is 6.29 Å². The molecule has 5 heterocycles. The average molecular weight is 372 g/mol. The van der Waals surface area contributed by atoms with Crippen molar-refractivity contribution in [1.82, 2.24) is 29.8 Å². The first-order chi connectivity index (χ1) is 13.3. The number of fused-ring (bicyclic) bond motifs is 1. The summed E-state index contributed by atoms with van der Waals surface area (Å²) in [7, 11) is 0. The summed E-state index contributed by atoms with van der Waals surface area (Å²) in [5.41, 5.74) is 4.98. The Kier molecular flexibility index (Phi) is 3.61. The molecule has 0 aliphatic rings. The van der Waals surface area contributed by atoms with Crippen LogP contribution in [0, 0.1) is 0 Å². The molecule has 0 bridgehead atoms. The van der Waals surface area contributed by atoms with Crippen LogP contribution in [0.4, 0.5) is 0 Å². The van der Waals surface area contributed by atoms with Crippen molar-refractivity contribution in [2.75, 3.05) is 0 Å². The van der Waals surface area contributed by atoms with Crippen molar-refractivity contribution in [2.24, 2.45) is 0 Å². The fourth-order valence-corrected chi connectivity index (χ4v) is 3.60. The smallest absolute Gasteiger partial charge is 0.165 e. The number of carbonyl (C=O) groups is 1. The summed E-state index contributed by atoms with van der Waals surface area (Å²) >= 11 is 1.63. The molecule has 0 unspecified atom stereocenters. The van der Waals surface area contributed by atoms with Crippen molar-refractivity contribution in [3.8, 4) is 33.1 Å². The second-order valence-corrected chi connectivity index (χ2v) is 6.84. The Morgan fingerprint density at radius 1 is 1.07 bits per heavy atom. The van der Waals surface area contributed by atoms with Crippen LogP contribution in [0.2, 0.25) is 0 Å². The van der Waals surface area contributed by atoms with Crippen LogP contribution in [0.3, 0.4) is 0 Å². The molecule has 0 aliphatic carbocycles. The average Bonchev–Trinajstić information content (AvgIpc) is 3.48. The highest BCUT2D eigenvalue weighted by Gasteiger charge is 2.14. The zero-order valence-corrected chi connectivity index (χ0v) is 14.7. The number of aldehydes is 1. The minimum absolute atomic E-state index is 0.532. The molecule has 0 fully saturated rings. The molecule has 27 heavy (non-hydrogen) atoms. The van der Waals surface area contributed by atoms with Crippen LogP contribution in [0.15, 0.2) is 60.5 Å². The van der Waals surface area contributed by atoms with E-state index in [0.717, 1.165) is 28.0 Å². The molecule has 0 aromatic carbocycles. The third-order valence-corrected chi connectivity index (χ3v) is 5.09. The van der Waals surface area contributed by atoms with E-state index in [1.807, 2.05) is 29.8 Å². The molecule has 5 rings (SSSR count). The van der Waals surface area contributed by atoms with Crippen LogP contribution in [0.5, 0.6) is 0 Å². The van der Waals surface area contributed by atoms with E-state index in [9.17, 15) is 4.79 Å². The highest BCUT2D eigenvalue weighted by atomic mass is 32.1. The number of rotatable bonds is 4. The van der Waals surface area contributed by atoms with Gasteiger partial charge in [-0.25, -0.2) is 14.5 Å². The molecule has 8 heteroatoms. The molecule has 5 aromatic heterocycles. The van der Waals surface area contributed by atoms with Gasteiger partial charge in [0.05, 0.1) is 39.9 Å². The van der Waals surface area contributed by atoms with E-state index in [2.05, 4.69) is 15.3 Å². The van der Waals surface area contributed by atoms with Crippen LogP contribution >= 0.6 is 11.3 Å². The molecule has 0 spiro atoms. The normalized spacial score (nSPS) is 11.1. The maximum atomic E-state index is 11.4. The van der Waals surface area contributed by atoms with Gasteiger partial charge in [-0.2, -0.15) is 10.2 Å². The van der Waals surface area contributed by atoms with Gasteiger partial charge >= 0.3 is 0 Å². The lowest BCUT2D eigenvalue weighted by molar-refractivity contribution is 0.112. The number of nitrogens with zero attached hydrogens (tertiary/aromatic N) is 5. The van der Waals surface area contributed by atoms with E-state index in [4.69, 9.17) is 9.97 Å². The molecular formula is C19H12N6OS. The zero-order valence-electron chi connectivity index (χ0n) is 13.9. The zero-order chi connectivity index (χ0) is 18.2. The second kappa shape index (κ2) is 6.26. The van der Waals surface area contributed by atoms with E-state index >= 15 is 0 Å². The van der Waals surface area contributed by atoms with Gasteiger partial charge in [0.2, 0.25) is 0 Å². The maximum Gasteiger partial charge on any atom is 0.165 e. The number of carbonyl (C=O) groups excluding carboxylic acids is 1. The summed E-state index contributed by atoms with van der Waals surface area (Å²) in [5, 5.41) is 13.1. The summed E-state index contributed by atoms with van der Waals surface area (Å²) in [6.45, 7) is 0. The SMILES string of the molecule is O=Cc1cc(-c2cn[nH]c2)nc(-c2cnn3ccc(-c4cccs4)nc23)c1. The molecule has 0 saturated carbocycles. The number of H-pyrrole nitrogens is 1. The Morgan fingerprint density at radius 3 is 2.78 bits per heavy atom. The highest BCUT2D eigenvalue weighted by molar-refractivity contribution is 7.13. The van der Waals surface area contributed by atoms with Crippen molar-refractivity contribution in [1.29, 1.82) is 0 Å². The first kappa shape index (κ1) is 15.6. The van der Waals surface area contributed by atoms with Gasteiger partial charge in [-0.05, 0) is 29.6 Å². The number of nitrogens with one attached hydrogen (secondary N) is 1. The van der Waals surface area contributed by atoms with Crippen LogP contribution < -0.4 is 0 Å². The van der Waals surface area contributed by atoms with Crippen molar-refractivity contribution in [3.63, 3.8) is 0 Å². The fourth-order valence-electron chi connectivity index (χ4n) is 2.91. The van der Waals surface area contributed by atoms with E-state index in [0.29, 0.717) is 22.6 Å². The number of hydrogen-bond acceptors (Lipinski definition) is 6. The monoisotopic (exact) mass is 372 g/mol. The predicted octanol–water partition coefficient (Wildman–Crippen LogP) is 3.72. The first-order valence-corrected chi connectivity index (χ1v) is 9.05. The summed E-state index contributed by atoms with van der Waals surface area (Å²) < 4.78 is 1.71. The highest BCUT2D eigenvalue weighted by Crippen LogP contribution is 2.28. The number of pyridine rings is 1. The number of hydrogen-bond donors (Lipinski definition) is 1. The molecular weight excluding hydrogens is 360 g/mol. The molecule has 7 nitrogen and oxygen atoms in total. The van der Waals surface area contributed by atoms with Crippen LogP contribution in [0.1, 0.15) is 10.4 Å². The van der Waals surface area contributed by atoms with Gasteiger partial charge in [-0.1, -0.05) is 6.07 Å². The van der Waals surface area contributed by atoms with Crippen molar-refractivity contribution in [2.45, 2.75) is 0 Å². The lowest BCUT2D eigenvalue weighted by atomic mass is 10.1. The summed E-state index contributed by atoms with van der Waals surface area (Å²) in [4.78, 5) is 22.0. The minimum Gasteiger partial charge on any atom is -0.298 e. The predicted molar refractivity (Wildman–Crippen MR) is 103 cm³/mol. The topological polar surface area (TPSA) is 88.8 Å². The van der Waals surface area contributed by atoms with E-state index < -0.39 is 0 Å². The van der Waals surface area contributed by atoms with E-state index in [1.165, 1.54) is 0 Å². The van der Waals surface area contributed by atoms with Crippen molar-refractivity contribution >= 4 is 23.3 Å². The quantitative estimate of drug-likeness (QED) is 0.486. The molecule has 0 radical (unpaired) electrons. The van der Waals surface area contributed by atoms with Crippen molar-refractivity contribution in [3.05, 3.63) is 66.1 Å². The third-order valence-electron chi connectivity index (χ3n) is 4.20. The molecule has 130 valence electrons. The standard InChI is InChI=1S/C19H12N6OS/c26-11-12-6-16(13-8-20-21-9-13)23-17(7-12)14-10-22-25-4-3-15(24-19(14)25)18-2-1-5-27-18/h1-11H,(H,20,21). The molecule has 0 atom stereocenters. The van der Waals surface area contributed by atoms with Gasteiger partial charge < -0.3 is 0 Å². The third kappa shape index (κ3) is 2.72. The Balaban J connectivity index is 1.70. The summed E-state index contributed by atoms with van der Waals surface area (Å²) in [6, 6.07) is 9.43. The number of aromatic amines is 1. The van der Waals surface area contributed by atoms with Crippen LogP contribution in [-0.4, -0.2) is 36.1 Å². The van der Waals surface area contributed by atoms with Crippen LogP contribution in [-0.2, 0) is 0 Å². The largest absolute Gasteiger partial charge is 0.298 e. The molecule has 0 amide bonds. The Labute approximate surface area is 157 Å². The van der Waals surface area contributed by atoms with Crippen molar-refractivity contribution < 1.29 is 4.79 Å². The van der Waals surface area contributed by atoms with Gasteiger partial charge in [0.15, 0.2) is 5.65 Å². The van der Waals surface area contributed by atoms with Crippen LogP contribution in [0.25, 0.3) is 38.7 Å². The molecule has 1 N–H and O–H groups in total. The molecule has 0 saturated heterocycles. The van der Waals surface area contributed by atoms with Gasteiger partial charge in [-0.3, -0.25) is 9.89 Å².